The number of nitro groups is 1. The van der Waals surface area contributed by atoms with E-state index in [0.29, 0.717) is 41.4 Å². The van der Waals surface area contributed by atoms with E-state index in [1.807, 2.05) is 24.3 Å². The second kappa shape index (κ2) is 6.79. The SMILES string of the molecule is Cc1nn(Cc2ccc(C(=O)NC(C3CC3)C3CC3)cc2)c(C)c1[N+](=O)[O-]. The van der Waals surface area contributed by atoms with Crippen LogP contribution < -0.4 is 5.32 Å². The van der Waals surface area contributed by atoms with Gasteiger partial charge >= 0.3 is 5.69 Å². The molecule has 0 saturated heterocycles. The minimum atomic E-state index is -0.391. The highest BCUT2D eigenvalue weighted by molar-refractivity contribution is 5.94. The van der Waals surface area contributed by atoms with Crippen molar-refractivity contribution < 1.29 is 9.72 Å². The molecule has 7 heteroatoms. The minimum Gasteiger partial charge on any atom is -0.349 e. The highest BCUT2D eigenvalue weighted by Gasteiger charge is 2.42. The van der Waals surface area contributed by atoms with Gasteiger partial charge in [0.2, 0.25) is 0 Å². The molecule has 0 bridgehead atoms. The number of hydrogen-bond donors (Lipinski definition) is 1. The van der Waals surface area contributed by atoms with Crippen molar-refractivity contribution in [2.75, 3.05) is 0 Å². The summed E-state index contributed by atoms with van der Waals surface area (Å²) in [5.41, 5.74) is 2.63. The third kappa shape index (κ3) is 3.72. The zero-order chi connectivity index (χ0) is 19.1. The molecule has 1 heterocycles. The summed E-state index contributed by atoms with van der Waals surface area (Å²) in [6.07, 6.45) is 4.93. The number of benzene rings is 1. The molecule has 2 saturated carbocycles. The van der Waals surface area contributed by atoms with Crippen molar-refractivity contribution in [2.24, 2.45) is 11.8 Å². The summed E-state index contributed by atoms with van der Waals surface area (Å²) in [5.74, 6) is 1.33. The van der Waals surface area contributed by atoms with Gasteiger partial charge in [-0.05, 0) is 69.1 Å². The smallest absolute Gasteiger partial charge is 0.312 e. The Morgan fingerprint density at radius 1 is 1.22 bits per heavy atom. The van der Waals surface area contributed by atoms with Gasteiger partial charge in [-0.3, -0.25) is 19.6 Å². The zero-order valence-corrected chi connectivity index (χ0v) is 15.6. The Hall–Kier alpha value is -2.70. The molecule has 142 valence electrons. The maximum Gasteiger partial charge on any atom is 0.312 e. The summed E-state index contributed by atoms with van der Waals surface area (Å²) < 4.78 is 1.64. The molecule has 2 aliphatic rings. The second-order valence-corrected chi connectivity index (χ2v) is 7.81. The molecule has 1 aromatic carbocycles. The van der Waals surface area contributed by atoms with Crippen LogP contribution in [0, 0.1) is 35.8 Å². The Morgan fingerprint density at radius 3 is 2.30 bits per heavy atom. The predicted octanol–water partition coefficient (Wildman–Crippen LogP) is 3.37. The molecule has 0 spiro atoms. The summed E-state index contributed by atoms with van der Waals surface area (Å²) in [5, 5.41) is 18.6. The first kappa shape index (κ1) is 17.7. The first-order valence-corrected chi connectivity index (χ1v) is 9.52. The summed E-state index contributed by atoms with van der Waals surface area (Å²) in [4.78, 5) is 23.3. The van der Waals surface area contributed by atoms with E-state index in [2.05, 4.69) is 10.4 Å². The molecule has 4 rings (SSSR count). The van der Waals surface area contributed by atoms with Crippen molar-refractivity contribution in [2.45, 2.75) is 52.1 Å². The largest absolute Gasteiger partial charge is 0.349 e. The normalized spacial score (nSPS) is 16.6. The summed E-state index contributed by atoms with van der Waals surface area (Å²) in [7, 11) is 0. The summed E-state index contributed by atoms with van der Waals surface area (Å²) >= 11 is 0. The van der Waals surface area contributed by atoms with Crippen LogP contribution in [0.4, 0.5) is 5.69 Å². The second-order valence-electron chi connectivity index (χ2n) is 7.81. The van der Waals surface area contributed by atoms with Crippen molar-refractivity contribution >= 4 is 11.6 Å². The number of amides is 1. The lowest BCUT2D eigenvalue weighted by Gasteiger charge is -2.17. The van der Waals surface area contributed by atoms with Gasteiger partial charge < -0.3 is 5.32 Å². The number of rotatable bonds is 7. The molecule has 0 unspecified atom stereocenters. The number of hydrogen-bond acceptors (Lipinski definition) is 4. The van der Waals surface area contributed by atoms with E-state index in [0.717, 1.165) is 5.56 Å². The maximum atomic E-state index is 12.6. The lowest BCUT2D eigenvalue weighted by atomic mass is 10.1. The van der Waals surface area contributed by atoms with Crippen LogP contribution in [0.25, 0.3) is 0 Å². The van der Waals surface area contributed by atoms with E-state index >= 15 is 0 Å². The molecule has 0 atom stereocenters. The lowest BCUT2D eigenvalue weighted by Crippen LogP contribution is -2.38. The molecule has 2 fully saturated rings. The number of aryl methyl sites for hydroxylation is 1. The molecule has 2 aromatic rings. The molecular formula is C20H24N4O3. The third-order valence-electron chi connectivity index (χ3n) is 5.63. The quantitative estimate of drug-likeness (QED) is 0.599. The zero-order valence-electron chi connectivity index (χ0n) is 15.6. The Bertz CT molecular complexity index is 867. The highest BCUT2D eigenvalue weighted by atomic mass is 16.6. The number of nitrogens with zero attached hydrogens (tertiary/aromatic N) is 3. The van der Waals surface area contributed by atoms with Gasteiger partial charge in [-0.2, -0.15) is 5.10 Å². The van der Waals surface area contributed by atoms with Gasteiger partial charge in [0.25, 0.3) is 5.91 Å². The molecule has 1 amide bonds. The van der Waals surface area contributed by atoms with Gasteiger partial charge in [0.15, 0.2) is 0 Å². The first-order valence-electron chi connectivity index (χ1n) is 9.52. The predicted molar refractivity (Wildman–Crippen MR) is 101 cm³/mol. The average molecular weight is 368 g/mol. The molecular weight excluding hydrogens is 344 g/mol. The fraction of sp³-hybridized carbons (Fsp3) is 0.500. The van der Waals surface area contributed by atoms with Crippen LogP contribution in [-0.4, -0.2) is 26.7 Å². The van der Waals surface area contributed by atoms with Gasteiger partial charge in [-0.15, -0.1) is 0 Å². The van der Waals surface area contributed by atoms with E-state index < -0.39 is 4.92 Å². The fourth-order valence-electron chi connectivity index (χ4n) is 3.81. The van der Waals surface area contributed by atoms with Crippen molar-refractivity contribution in [1.82, 2.24) is 15.1 Å². The summed E-state index contributed by atoms with van der Waals surface area (Å²) in [6, 6.07) is 7.76. The third-order valence-corrected chi connectivity index (χ3v) is 5.63. The minimum absolute atomic E-state index is 0.00731. The standard InChI is InChI=1S/C20H24N4O3/c1-12-19(24(26)27)13(2)23(22-12)11-14-3-5-17(6-4-14)20(25)21-18(15-7-8-15)16-9-10-16/h3-6,15-16,18H,7-11H2,1-2H3,(H,21,25). The molecule has 1 N–H and O–H groups in total. The number of nitrogens with one attached hydrogen (secondary N) is 1. The molecule has 2 aliphatic carbocycles. The fourth-order valence-corrected chi connectivity index (χ4v) is 3.81. The Balaban J connectivity index is 1.44. The first-order chi connectivity index (χ1) is 12.9. The highest BCUT2D eigenvalue weighted by Crippen LogP contribution is 2.44. The average Bonchev–Trinajstić information content (AvgIpc) is 3.53. The van der Waals surface area contributed by atoms with Gasteiger partial charge in [-0.25, -0.2) is 0 Å². The van der Waals surface area contributed by atoms with E-state index in [4.69, 9.17) is 0 Å². The molecule has 0 radical (unpaired) electrons. The lowest BCUT2D eigenvalue weighted by molar-refractivity contribution is -0.386. The van der Waals surface area contributed by atoms with Gasteiger partial charge in [-0.1, -0.05) is 12.1 Å². The van der Waals surface area contributed by atoms with Crippen LogP contribution in [-0.2, 0) is 6.54 Å². The monoisotopic (exact) mass is 368 g/mol. The van der Waals surface area contributed by atoms with E-state index in [1.165, 1.54) is 25.7 Å². The number of carbonyl (C=O) groups is 1. The van der Waals surface area contributed by atoms with Crippen molar-refractivity contribution in [3.63, 3.8) is 0 Å². The van der Waals surface area contributed by atoms with E-state index in [-0.39, 0.29) is 11.6 Å². The van der Waals surface area contributed by atoms with Crippen LogP contribution in [0.1, 0.15) is 53.0 Å². The summed E-state index contributed by atoms with van der Waals surface area (Å²) in [6.45, 7) is 3.79. The van der Waals surface area contributed by atoms with Crippen molar-refractivity contribution in [1.29, 1.82) is 0 Å². The van der Waals surface area contributed by atoms with Gasteiger partial charge in [0.1, 0.15) is 11.4 Å². The Kier molecular flexibility index (Phi) is 4.45. The Labute approximate surface area is 157 Å². The van der Waals surface area contributed by atoms with Gasteiger partial charge in [0, 0.05) is 11.6 Å². The molecule has 1 aromatic heterocycles. The maximum absolute atomic E-state index is 12.6. The van der Waals surface area contributed by atoms with Crippen LogP contribution in [0.15, 0.2) is 24.3 Å². The van der Waals surface area contributed by atoms with Crippen LogP contribution >= 0.6 is 0 Å². The van der Waals surface area contributed by atoms with Crippen molar-refractivity contribution in [3.05, 3.63) is 56.9 Å². The molecule has 7 nitrogen and oxygen atoms in total. The molecule has 0 aliphatic heterocycles. The Morgan fingerprint density at radius 2 is 1.81 bits per heavy atom. The van der Waals surface area contributed by atoms with E-state index in [1.54, 1.807) is 18.5 Å². The number of aromatic nitrogens is 2. The van der Waals surface area contributed by atoms with Crippen LogP contribution in [0.2, 0.25) is 0 Å². The topological polar surface area (TPSA) is 90.1 Å². The number of carbonyl (C=O) groups excluding carboxylic acids is 1. The molecule has 27 heavy (non-hydrogen) atoms. The van der Waals surface area contributed by atoms with E-state index in [9.17, 15) is 14.9 Å². The van der Waals surface area contributed by atoms with Crippen molar-refractivity contribution in [3.8, 4) is 0 Å². The van der Waals surface area contributed by atoms with Crippen LogP contribution in [0.3, 0.4) is 0 Å². The van der Waals surface area contributed by atoms with Gasteiger partial charge in [0.05, 0.1) is 11.5 Å². The van der Waals surface area contributed by atoms with Crippen LogP contribution in [0.5, 0.6) is 0 Å².